The number of anilines is 1. The van der Waals surface area contributed by atoms with Gasteiger partial charge in [0.2, 0.25) is 5.91 Å². The third-order valence-electron chi connectivity index (χ3n) is 2.06. The van der Waals surface area contributed by atoms with Crippen LogP contribution in [0.1, 0.15) is 6.92 Å². The third-order valence-corrected chi connectivity index (χ3v) is 2.28. The highest BCUT2D eigenvalue weighted by molar-refractivity contribution is 6.30. The number of likely N-dealkylation sites (N-methyl/N-ethyl adjacent to an activating group) is 1. The van der Waals surface area contributed by atoms with Gasteiger partial charge in [0.25, 0.3) is 0 Å². The molecule has 0 bridgehead atoms. The zero-order valence-corrected chi connectivity index (χ0v) is 10.2. The Kier molecular flexibility index (Phi) is 4.12. The van der Waals surface area contributed by atoms with E-state index in [1.807, 2.05) is 0 Å². The average Bonchev–Trinajstić information content (AvgIpc) is 2.14. The van der Waals surface area contributed by atoms with Crippen LogP contribution in [0.15, 0.2) is 18.2 Å². The van der Waals surface area contributed by atoms with E-state index in [9.17, 15) is 9.18 Å². The average molecular weight is 245 g/mol. The van der Waals surface area contributed by atoms with E-state index in [0.717, 1.165) is 0 Å². The highest BCUT2D eigenvalue weighted by atomic mass is 35.5. The summed E-state index contributed by atoms with van der Waals surface area (Å²) >= 11 is 5.70. The monoisotopic (exact) mass is 244 g/mol. The standard InChI is InChI=1S/C11H14ClFN2O/c1-7(11(16)15(2)3)14-10-5-8(12)4-9(13)6-10/h4-7,14H,1-3H3. The van der Waals surface area contributed by atoms with Gasteiger partial charge in [-0.1, -0.05) is 11.6 Å². The Morgan fingerprint density at radius 1 is 1.44 bits per heavy atom. The molecule has 0 radical (unpaired) electrons. The zero-order chi connectivity index (χ0) is 12.3. The second-order valence-electron chi connectivity index (χ2n) is 3.76. The Balaban J connectivity index is 2.76. The summed E-state index contributed by atoms with van der Waals surface area (Å²) in [5, 5.41) is 3.19. The molecule has 1 amide bonds. The molecule has 1 atom stereocenters. The second kappa shape index (κ2) is 5.16. The molecule has 1 rings (SSSR count). The van der Waals surface area contributed by atoms with Crippen molar-refractivity contribution in [3.63, 3.8) is 0 Å². The van der Waals surface area contributed by atoms with Gasteiger partial charge < -0.3 is 10.2 Å². The van der Waals surface area contributed by atoms with Crippen molar-refractivity contribution < 1.29 is 9.18 Å². The summed E-state index contributed by atoms with van der Waals surface area (Å²) in [6.45, 7) is 1.71. The highest BCUT2D eigenvalue weighted by Crippen LogP contribution is 2.18. The molecule has 0 fully saturated rings. The van der Waals surface area contributed by atoms with Crippen LogP contribution in [0.5, 0.6) is 0 Å². The molecule has 0 aliphatic heterocycles. The van der Waals surface area contributed by atoms with Gasteiger partial charge in [0.15, 0.2) is 0 Å². The highest BCUT2D eigenvalue weighted by Gasteiger charge is 2.14. The molecule has 0 saturated heterocycles. The smallest absolute Gasteiger partial charge is 0.244 e. The molecule has 3 nitrogen and oxygen atoms in total. The maximum Gasteiger partial charge on any atom is 0.244 e. The molecule has 0 saturated carbocycles. The number of nitrogens with zero attached hydrogens (tertiary/aromatic N) is 1. The van der Waals surface area contributed by atoms with E-state index < -0.39 is 11.9 Å². The quantitative estimate of drug-likeness (QED) is 0.885. The van der Waals surface area contributed by atoms with Crippen LogP contribution >= 0.6 is 11.6 Å². The molecular formula is C11H14ClFN2O. The number of carbonyl (C=O) groups excluding carboxylic acids is 1. The van der Waals surface area contributed by atoms with Gasteiger partial charge in [0.05, 0.1) is 0 Å². The minimum atomic E-state index is -0.431. The molecule has 88 valence electrons. The summed E-state index contributed by atoms with van der Waals surface area (Å²) in [6.07, 6.45) is 0. The number of hydrogen-bond acceptors (Lipinski definition) is 2. The molecule has 0 aromatic heterocycles. The molecule has 0 spiro atoms. The van der Waals surface area contributed by atoms with Crippen molar-refractivity contribution in [2.45, 2.75) is 13.0 Å². The van der Waals surface area contributed by atoms with Gasteiger partial charge in [0, 0.05) is 24.8 Å². The van der Waals surface area contributed by atoms with Crippen LogP contribution in [0.4, 0.5) is 10.1 Å². The fourth-order valence-corrected chi connectivity index (χ4v) is 1.56. The molecule has 16 heavy (non-hydrogen) atoms. The summed E-state index contributed by atoms with van der Waals surface area (Å²) in [4.78, 5) is 13.0. The van der Waals surface area contributed by atoms with Gasteiger partial charge in [-0.15, -0.1) is 0 Å². The first-order valence-electron chi connectivity index (χ1n) is 4.84. The molecule has 0 aliphatic carbocycles. The van der Waals surface area contributed by atoms with E-state index in [-0.39, 0.29) is 5.91 Å². The minimum absolute atomic E-state index is 0.0830. The van der Waals surface area contributed by atoms with Crippen molar-refractivity contribution in [1.29, 1.82) is 0 Å². The lowest BCUT2D eigenvalue weighted by atomic mass is 10.2. The van der Waals surface area contributed by atoms with E-state index in [4.69, 9.17) is 11.6 Å². The summed E-state index contributed by atoms with van der Waals surface area (Å²) in [6, 6.07) is 3.66. The van der Waals surface area contributed by atoms with Crippen LogP contribution in [0.2, 0.25) is 5.02 Å². The van der Waals surface area contributed by atoms with Crippen LogP contribution in [0, 0.1) is 5.82 Å². The molecule has 0 aliphatic rings. The van der Waals surface area contributed by atoms with E-state index in [1.165, 1.54) is 17.0 Å². The van der Waals surface area contributed by atoms with Gasteiger partial charge in [-0.25, -0.2) is 4.39 Å². The second-order valence-corrected chi connectivity index (χ2v) is 4.19. The molecule has 1 unspecified atom stereocenters. The van der Waals surface area contributed by atoms with Crippen molar-refractivity contribution in [2.24, 2.45) is 0 Å². The summed E-state index contributed by atoms with van der Waals surface area (Å²) in [5.41, 5.74) is 0.493. The number of amides is 1. The molecule has 1 N–H and O–H groups in total. The maximum atomic E-state index is 13.0. The largest absolute Gasteiger partial charge is 0.374 e. The molecule has 1 aromatic carbocycles. The van der Waals surface area contributed by atoms with E-state index in [0.29, 0.717) is 10.7 Å². The predicted molar refractivity (Wildman–Crippen MR) is 63.2 cm³/mol. The van der Waals surface area contributed by atoms with Gasteiger partial charge >= 0.3 is 0 Å². The number of rotatable bonds is 3. The number of carbonyl (C=O) groups is 1. The number of benzene rings is 1. The molecule has 1 aromatic rings. The van der Waals surface area contributed by atoms with Gasteiger partial charge in [-0.3, -0.25) is 4.79 Å². The van der Waals surface area contributed by atoms with E-state index >= 15 is 0 Å². The SMILES string of the molecule is CC(Nc1cc(F)cc(Cl)c1)C(=O)N(C)C. The zero-order valence-electron chi connectivity index (χ0n) is 9.42. The maximum absolute atomic E-state index is 13.0. The lowest BCUT2D eigenvalue weighted by molar-refractivity contribution is -0.129. The summed E-state index contributed by atoms with van der Waals surface area (Å²) in [5.74, 6) is -0.514. The van der Waals surface area contributed by atoms with E-state index in [2.05, 4.69) is 5.32 Å². The van der Waals surface area contributed by atoms with Crippen LogP contribution in [0.3, 0.4) is 0 Å². The van der Waals surface area contributed by atoms with Crippen molar-refractivity contribution in [2.75, 3.05) is 19.4 Å². The first-order valence-corrected chi connectivity index (χ1v) is 5.21. The number of nitrogens with one attached hydrogen (secondary N) is 1. The molecule has 0 heterocycles. The summed E-state index contributed by atoms with van der Waals surface area (Å²) < 4.78 is 13.0. The lowest BCUT2D eigenvalue weighted by Gasteiger charge is -2.19. The van der Waals surface area contributed by atoms with E-state index in [1.54, 1.807) is 27.1 Å². The molecule has 5 heteroatoms. The number of halogens is 2. The predicted octanol–water partition coefficient (Wildman–Crippen LogP) is 2.37. The van der Waals surface area contributed by atoms with Gasteiger partial charge in [-0.2, -0.15) is 0 Å². The first-order chi connectivity index (χ1) is 7.40. The Morgan fingerprint density at radius 2 is 2.06 bits per heavy atom. The third kappa shape index (κ3) is 3.38. The van der Waals surface area contributed by atoms with Crippen molar-refractivity contribution in [3.8, 4) is 0 Å². The normalized spacial score (nSPS) is 12.1. The first kappa shape index (κ1) is 12.8. The Bertz CT molecular complexity index is 375. The Morgan fingerprint density at radius 3 is 2.56 bits per heavy atom. The van der Waals surface area contributed by atoms with Crippen molar-refractivity contribution in [3.05, 3.63) is 29.0 Å². The van der Waals surface area contributed by atoms with Crippen LogP contribution in [-0.4, -0.2) is 30.9 Å². The Hall–Kier alpha value is -1.29. The van der Waals surface area contributed by atoms with Crippen molar-refractivity contribution in [1.82, 2.24) is 4.90 Å². The summed E-state index contributed by atoms with van der Waals surface area (Å²) in [7, 11) is 3.33. The Labute approximate surface area is 99.2 Å². The van der Waals surface area contributed by atoms with Crippen LogP contribution in [-0.2, 0) is 4.79 Å². The fraction of sp³-hybridized carbons (Fsp3) is 0.364. The number of hydrogen-bond donors (Lipinski definition) is 1. The minimum Gasteiger partial charge on any atom is -0.374 e. The van der Waals surface area contributed by atoms with Gasteiger partial charge in [0.1, 0.15) is 11.9 Å². The molecular weight excluding hydrogens is 231 g/mol. The van der Waals surface area contributed by atoms with Crippen LogP contribution in [0.25, 0.3) is 0 Å². The van der Waals surface area contributed by atoms with Crippen molar-refractivity contribution >= 4 is 23.2 Å². The topological polar surface area (TPSA) is 32.3 Å². The van der Waals surface area contributed by atoms with Crippen LogP contribution < -0.4 is 5.32 Å². The fourth-order valence-electron chi connectivity index (χ4n) is 1.34. The lowest BCUT2D eigenvalue weighted by Crippen LogP contribution is -2.36. The van der Waals surface area contributed by atoms with Gasteiger partial charge in [-0.05, 0) is 25.1 Å².